The number of nitrogen functional groups attached to an aromatic ring is 1. The fraction of sp³-hybridized carbons (Fsp3) is 0.462. The molecule has 2 aromatic heterocycles. The average Bonchev–Trinajstić information content (AvgIpc) is 2.67. The maximum atomic E-state index is 5.70. The number of hydrogen-bond acceptors (Lipinski definition) is 7. The van der Waals surface area contributed by atoms with E-state index in [0.29, 0.717) is 11.9 Å². The summed E-state index contributed by atoms with van der Waals surface area (Å²) in [5, 5.41) is 3.22. The Kier molecular flexibility index (Phi) is 3.78. The molecule has 7 heteroatoms. The third-order valence-corrected chi connectivity index (χ3v) is 2.93. The molecule has 0 radical (unpaired) electrons. The summed E-state index contributed by atoms with van der Waals surface area (Å²) in [6, 6.07) is 2.02. The van der Waals surface area contributed by atoms with Gasteiger partial charge in [-0.3, -0.25) is 0 Å². The van der Waals surface area contributed by atoms with E-state index in [1.54, 1.807) is 4.90 Å². The minimum Gasteiger partial charge on any atom is -0.466 e. The van der Waals surface area contributed by atoms with Crippen LogP contribution in [0.15, 0.2) is 10.5 Å². The molecule has 2 aromatic rings. The van der Waals surface area contributed by atoms with Crippen LogP contribution in [-0.2, 0) is 0 Å². The van der Waals surface area contributed by atoms with Gasteiger partial charge in [0.25, 0.3) is 0 Å². The summed E-state index contributed by atoms with van der Waals surface area (Å²) < 4.78 is 5.53. The van der Waals surface area contributed by atoms with Crippen molar-refractivity contribution < 1.29 is 4.42 Å². The summed E-state index contributed by atoms with van der Waals surface area (Å²) in [6.45, 7) is 5.88. The van der Waals surface area contributed by atoms with Gasteiger partial charge in [-0.05, 0) is 26.8 Å². The molecule has 1 unspecified atom stereocenters. The second-order valence-corrected chi connectivity index (χ2v) is 4.95. The lowest BCUT2D eigenvalue weighted by Gasteiger charge is -2.15. The van der Waals surface area contributed by atoms with Crippen LogP contribution < -0.4 is 16.0 Å². The molecule has 0 aliphatic rings. The highest BCUT2D eigenvalue weighted by Crippen LogP contribution is 2.24. The molecular formula is C13H20N6O. The molecule has 7 nitrogen and oxygen atoms in total. The van der Waals surface area contributed by atoms with Crippen molar-refractivity contribution in [3.05, 3.63) is 23.2 Å². The molecule has 0 saturated heterocycles. The van der Waals surface area contributed by atoms with Crippen molar-refractivity contribution in [2.75, 3.05) is 30.0 Å². The largest absolute Gasteiger partial charge is 0.466 e. The number of aromatic nitrogens is 3. The highest BCUT2D eigenvalue weighted by atomic mass is 16.3. The van der Waals surface area contributed by atoms with Gasteiger partial charge in [-0.1, -0.05) is 0 Å². The number of furan rings is 1. The Hall–Kier alpha value is -2.31. The van der Waals surface area contributed by atoms with E-state index in [-0.39, 0.29) is 12.0 Å². The van der Waals surface area contributed by atoms with Crippen molar-refractivity contribution >= 4 is 17.8 Å². The number of nitrogens with one attached hydrogen (secondary N) is 1. The van der Waals surface area contributed by atoms with Gasteiger partial charge in [-0.2, -0.15) is 15.0 Å². The van der Waals surface area contributed by atoms with Crippen LogP contribution in [0.5, 0.6) is 0 Å². The Morgan fingerprint density at radius 2 is 1.95 bits per heavy atom. The van der Waals surface area contributed by atoms with Gasteiger partial charge in [0.2, 0.25) is 17.8 Å². The zero-order valence-electron chi connectivity index (χ0n) is 12.4. The number of aryl methyl sites for hydroxylation is 2. The van der Waals surface area contributed by atoms with Crippen LogP contribution in [-0.4, -0.2) is 29.0 Å². The summed E-state index contributed by atoms with van der Waals surface area (Å²) in [5.41, 5.74) is 6.77. The van der Waals surface area contributed by atoms with Gasteiger partial charge >= 0.3 is 0 Å². The minimum atomic E-state index is 0.0178. The van der Waals surface area contributed by atoms with Gasteiger partial charge in [-0.15, -0.1) is 0 Å². The van der Waals surface area contributed by atoms with E-state index in [1.165, 1.54) is 0 Å². The van der Waals surface area contributed by atoms with Gasteiger partial charge in [-0.25, -0.2) is 0 Å². The van der Waals surface area contributed by atoms with E-state index in [4.69, 9.17) is 10.2 Å². The van der Waals surface area contributed by atoms with Gasteiger partial charge in [0.1, 0.15) is 11.5 Å². The first-order valence-electron chi connectivity index (χ1n) is 6.39. The molecule has 0 amide bonds. The predicted octanol–water partition coefficient (Wildman–Crippen LogP) is 1.90. The molecule has 0 aliphatic carbocycles. The van der Waals surface area contributed by atoms with Crippen molar-refractivity contribution in [2.45, 2.75) is 26.8 Å². The van der Waals surface area contributed by atoms with Gasteiger partial charge < -0.3 is 20.4 Å². The van der Waals surface area contributed by atoms with E-state index >= 15 is 0 Å². The second-order valence-electron chi connectivity index (χ2n) is 4.95. The predicted molar refractivity (Wildman–Crippen MR) is 78.8 cm³/mol. The first-order valence-corrected chi connectivity index (χ1v) is 6.39. The van der Waals surface area contributed by atoms with Crippen molar-refractivity contribution in [1.29, 1.82) is 0 Å². The molecule has 0 bridgehead atoms. The maximum Gasteiger partial charge on any atom is 0.231 e. The Morgan fingerprint density at radius 3 is 2.50 bits per heavy atom. The summed E-state index contributed by atoms with van der Waals surface area (Å²) in [5.74, 6) is 2.94. The van der Waals surface area contributed by atoms with Gasteiger partial charge in [0.05, 0.1) is 6.04 Å². The first kappa shape index (κ1) is 14.1. The molecule has 0 aromatic carbocycles. The zero-order chi connectivity index (χ0) is 14.9. The monoisotopic (exact) mass is 276 g/mol. The van der Waals surface area contributed by atoms with Crippen LogP contribution >= 0.6 is 0 Å². The van der Waals surface area contributed by atoms with E-state index in [0.717, 1.165) is 17.1 Å². The lowest BCUT2D eigenvalue weighted by atomic mass is 10.1. The van der Waals surface area contributed by atoms with Gasteiger partial charge in [0, 0.05) is 19.7 Å². The number of nitrogens with two attached hydrogens (primary N) is 1. The Balaban J connectivity index is 2.23. The molecule has 3 N–H and O–H groups in total. The standard InChI is InChI=1S/C13H20N6O/c1-7-6-10(9(3)20-7)8(2)15-12-16-11(14)17-13(18-12)19(4)5/h6,8H,1-5H3,(H3,14,15,16,17,18). The van der Waals surface area contributed by atoms with Gasteiger partial charge in [0.15, 0.2) is 0 Å². The quantitative estimate of drug-likeness (QED) is 0.880. The maximum absolute atomic E-state index is 5.70. The zero-order valence-corrected chi connectivity index (χ0v) is 12.4. The SMILES string of the molecule is Cc1cc(C(C)Nc2nc(N)nc(N(C)C)n2)c(C)o1. The van der Waals surface area contributed by atoms with Crippen LogP contribution in [0.4, 0.5) is 17.8 Å². The number of nitrogens with zero attached hydrogens (tertiary/aromatic N) is 4. The second kappa shape index (κ2) is 5.36. The number of anilines is 3. The molecule has 0 saturated carbocycles. The first-order chi connectivity index (χ1) is 9.36. The molecule has 0 spiro atoms. The Labute approximate surface area is 118 Å². The number of rotatable bonds is 4. The molecule has 1 atom stereocenters. The van der Waals surface area contributed by atoms with Crippen molar-refractivity contribution in [3.8, 4) is 0 Å². The molecule has 2 heterocycles. The van der Waals surface area contributed by atoms with Crippen molar-refractivity contribution in [2.24, 2.45) is 0 Å². The van der Waals surface area contributed by atoms with Crippen LogP contribution in [0, 0.1) is 13.8 Å². The van der Waals surface area contributed by atoms with E-state index in [1.807, 2.05) is 40.9 Å². The third kappa shape index (κ3) is 2.98. The summed E-state index contributed by atoms with van der Waals surface area (Å²) in [4.78, 5) is 14.3. The van der Waals surface area contributed by atoms with Crippen molar-refractivity contribution in [3.63, 3.8) is 0 Å². The lowest BCUT2D eigenvalue weighted by molar-refractivity contribution is 0.499. The summed E-state index contributed by atoms with van der Waals surface area (Å²) in [7, 11) is 3.71. The smallest absolute Gasteiger partial charge is 0.231 e. The fourth-order valence-corrected chi connectivity index (χ4v) is 2.00. The molecule has 20 heavy (non-hydrogen) atoms. The number of hydrogen-bond donors (Lipinski definition) is 2. The van der Waals surface area contributed by atoms with Crippen LogP contribution in [0.3, 0.4) is 0 Å². The average molecular weight is 276 g/mol. The molecular weight excluding hydrogens is 256 g/mol. The van der Waals surface area contributed by atoms with Crippen LogP contribution in [0.25, 0.3) is 0 Å². The van der Waals surface area contributed by atoms with E-state index in [9.17, 15) is 0 Å². The highest BCUT2D eigenvalue weighted by Gasteiger charge is 2.15. The fourth-order valence-electron chi connectivity index (χ4n) is 2.00. The highest BCUT2D eigenvalue weighted by molar-refractivity contribution is 5.42. The Bertz CT molecular complexity index is 607. The Morgan fingerprint density at radius 1 is 1.25 bits per heavy atom. The van der Waals surface area contributed by atoms with Crippen LogP contribution in [0.1, 0.15) is 30.0 Å². The van der Waals surface area contributed by atoms with E-state index < -0.39 is 0 Å². The summed E-state index contributed by atoms with van der Waals surface area (Å²) >= 11 is 0. The van der Waals surface area contributed by atoms with E-state index in [2.05, 4.69) is 20.3 Å². The molecule has 2 rings (SSSR count). The third-order valence-electron chi connectivity index (χ3n) is 2.93. The molecule has 108 valence electrons. The normalized spacial score (nSPS) is 12.2. The lowest BCUT2D eigenvalue weighted by Crippen LogP contribution is -2.17. The molecule has 0 aliphatic heterocycles. The van der Waals surface area contributed by atoms with Crippen LogP contribution in [0.2, 0.25) is 0 Å². The topological polar surface area (TPSA) is 93.1 Å². The minimum absolute atomic E-state index is 0.0178. The summed E-state index contributed by atoms with van der Waals surface area (Å²) in [6.07, 6.45) is 0. The van der Waals surface area contributed by atoms with Crippen molar-refractivity contribution in [1.82, 2.24) is 15.0 Å². The molecule has 0 fully saturated rings.